The summed E-state index contributed by atoms with van der Waals surface area (Å²) in [6.45, 7) is 3.29. The minimum atomic E-state index is -3.95. The van der Waals surface area contributed by atoms with Crippen LogP contribution in [0.2, 0.25) is 5.02 Å². The van der Waals surface area contributed by atoms with Gasteiger partial charge in [0, 0.05) is 43.4 Å². The Morgan fingerprint density at radius 2 is 1.61 bits per heavy atom. The molecule has 1 aliphatic heterocycles. The molecule has 3 aromatic carbocycles. The van der Waals surface area contributed by atoms with Crippen molar-refractivity contribution in [1.29, 1.82) is 0 Å². The molecule has 1 heterocycles. The first-order valence-corrected chi connectivity index (χ1v) is 12.3. The van der Waals surface area contributed by atoms with Gasteiger partial charge in [0.1, 0.15) is 10.6 Å². The number of hydrogen-bond donors (Lipinski definition) is 1. The molecule has 1 fully saturated rings. The SMILES string of the molecule is O=C(Nc1ccccc1)N1CCN(Cc2cccc(OS(=O)(=O)c3ccc(Cl)cc3)c2)CC1. The number of benzene rings is 3. The zero-order valence-corrected chi connectivity index (χ0v) is 19.4. The summed E-state index contributed by atoms with van der Waals surface area (Å²) in [6, 6.07) is 22.1. The second-order valence-electron chi connectivity index (χ2n) is 7.70. The zero-order valence-electron chi connectivity index (χ0n) is 17.9. The van der Waals surface area contributed by atoms with Gasteiger partial charge >= 0.3 is 16.1 Å². The van der Waals surface area contributed by atoms with Gasteiger partial charge in [-0.15, -0.1) is 0 Å². The van der Waals surface area contributed by atoms with Gasteiger partial charge in [0.15, 0.2) is 0 Å². The van der Waals surface area contributed by atoms with Gasteiger partial charge in [0.25, 0.3) is 0 Å². The predicted molar refractivity (Wildman–Crippen MR) is 128 cm³/mol. The van der Waals surface area contributed by atoms with Crippen LogP contribution in [-0.2, 0) is 16.7 Å². The number of nitrogens with one attached hydrogen (secondary N) is 1. The molecule has 4 rings (SSSR count). The van der Waals surface area contributed by atoms with Crippen LogP contribution >= 0.6 is 11.6 Å². The smallest absolute Gasteiger partial charge is 0.339 e. The van der Waals surface area contributed by atoms with E-state index in [9.17, 15) is 13.2 Å². The fraction of sp³-hybridized carbons (Fsp3) is 0.208. The van der Waals surface area contributed by atoms with E-state index in [0.29, 0.717) is 24.7 Å². The second kappa shape index (κ2) is 10.2. The van der Waals surface area contributed by atoms with Crippen LogP contribution in [0, 0.1) is 0 Å². The number of carbonyl (C=O) groups is 1. The van der Waals surface area contributed by atoms with Crippen molar-refractivity contribution in [3.63, 3.8) is 0 Å². The molecule has 0 aromatic heterocycles. The van der Waals surface area contributed by atoms with Crippen molar-refractivity contribution in [2.75, 3.05) is 31.5 Å². The molecule has 0 saturated carbocycles. The van der Waals surface area contributed by atoms with Crippen molar-refractivity contribution in [3.05, 3.63) is 89.4 Å². The van der Waals surface area contributed by atoms with Crippen molar-refractivity contribution < 1.29 is 17.4 Å². The molecule has 0 aliphatic carbocycles. The molecule has 172 valence electrons. The van der Waals surface area contributed by atoms with E-state index in [1.165, 1.54) is 24.3 Å². The largest absolute Gasteiger partial charge is 0.379 e. The van der Waals surface area contributed by atoms with Crippen molar-refractivity contribution in [2.24, 2.45) is 0 Å². The lowest BCUT2D eigenvalue weighted by atomic mass is 10.2. The van der Waals surface area contributed by atoms with Gasteiger partial charge in [-0.25, -0.2) is 4.79 Å². The van der Waals surface area contributed by atoms with Crippen LogP contribution in [0.25, 0.3) is 0 Å². The third-order valence-corrected chi connectivity index (χ3v) is 6.81. The quantitative estimate of drug-likeness (QED) is 0.521. The lowest BCUT2D eigenvalue weighted by molar-refractivity contribution is 0.143. The fourth-order valence-corrected chi connectivity index (χ4v) is 4.61. The van der Waals surface area contributed by atoms with Crippen molar-refractivity contribution in [1.82, 2.24) is 9.80 Å². The van der Waals surface area contributed by atoms with E-state index in [-0.39, 0.29) is 16.7 Å². The molecule has 1 aliphatic rings. The Bertz CT molecular complexity index is 1200. The van der Waals surface area contributed by atoms with Gasteiger partial charge in [0.2, 0.25) is 0 Å². The lowest BCUT2D eigenvalue weighted by Gasteiger charge is -2.34. The number of anilines is 1. The maximum atomic E-state index is 12.5. The Labute approximate surface area is 198 Å². The van der Waals surface area contributed by atoms with Crippen LogP contribution in [0.4, 0.5) is 10.5 Å². The summed E-state index contributed by atoms with van der Waals surface area (Å²) in [6.07, 6.45) is 0. The molecule has 0 bridgehead atoms. The average molecular weight is 486 g/mol. The lowest BCUT2D eigenvalue weighted by Crippen LogP contribution is -2.49. The Morgan fingerprint density at radius 1 is 0.909 bits per heavy atom. The number of rotatable bonds is 6. The molecule has 0 radical (unpaired) electrons. The Hall–Kier alpha value is -3.07. The molecule has 9 heteroatoms. The summed E-state index contributed by atoms with van der Waals surface area (Å²) >= 11 is 5.83. The van der Waals surface area contributed by atoms with Gasteiger partial charge in [0.05, 0.1) is 0 Å². The van der Waals surface area contributed by atoms with Gasteiger partial charge < -0.3 is 14.4 Å². The topological polar surface area (TPSA) is 79.0 Å². The van der Waals surface area contributed by atoms with Gasteiger partial charge in [-0.3, -0.25) is 4.90 Å². The molecule has 0 spiro atoms. The number of halogens is 1. The number of hydrogen-bond acceptors (Lipinski definition) is 5. The van der Waals surface area contributed by atoms with Crippen LogP contribution in [0.3, 0.4) is 0 Å². The van der Waals surface area contributed by atoms with E-state index in [0.717, 1.165) is 24.3 Å². The summed E-state index contributed by atoms with van der Waals surface area (Å²) in [5, 5.41) is 3.36. The summed E-state index contributed by atoms with van der Waals surface area (Å²) in [5.74, 6) is 0.253. The Balaban J connectivity index is 1.32. The normalized spacial score (nSPS) is 14.6. The summed E-state index contributed by atoms with van der Waals surface area (Å²) < 4.78 is 30.4. The minimum absolute atomic E-state index is 0.0437. The molecule has 3 aromatic rings. The van der Waals surface area contributed by atoms with Crippen molar-refractivity contribution in [2.45, 2.75) is 11.4 Å². The summed E-state index contributed by atoms with van der Waals surface area (Å²) in [4.78, 5) is 16.5. The molecule has 7 nitrogen and oxygen atoms in total. The number of amides is 2. The number of urea groups is 1. The molecule has 0 atom stereocenters. The predicted octanol–water partition coefficient (Wildman–Crippen LogP) is 4.46. The third-order valence-electron chi connectivity index (χ3n) is 5.30. The maximum absolute atomic E-state index is 12.5. The highest BCUT2D eigenvalue weighted by Crippen LogP contribution is 2.22. The van der Waals surface area contributed by atoms with Crippen LogP contribution in [0.15, 0.2) is 83.8 Å². The fourth-order valence-electron chi connectivity index (χ4n) is 3.56. The molecule has 1 N–H and O–H groups in total. The van der Waals surface area contributed by atoms with Crippen LogP contribution < -0.4 is 9.50 Å². The number of piperazine rings is 1. The van der Waals surface area contributed by atoms with E-state index in [1.807, 2.05) is 36.4 Å². The Kier molecular flexibility index (Phi) is 7.17. The van der Waals surface area contributed by atoms with Crippen molar-refractivity contribution >= 4 is 33.4 Å². The molecule has 0 unspecified atom stereocenters. The second-order valence-corrected chi connectivity index (χ2v) is 9.68. The van der Waals surface area contributed by atoms with Crippen LogP contribution in [0.1, 0.15) is 5.56 Å². The van der Waals surface area contributed by atoms with Crippen molar-refractivity contribution in [3.8, 4) is 5.75 Å². The first-order valence-electron chi connectivity index (χ1n) is 10.5. The van der Waals surface area contributed by atoms with E-state index in [4.69, 9.17) is 15.8 Å². The van der Waals surface area contributed by atoms with Gasteiger partial charge in [-0.2, -0.15) is 8.42 Å². The highest BCUT2D eigenvalue weighted by Gasteiger charge is 2.22. The molecule has 1 saturated heterocycles. The standard InChI is InChI=1S/C24H24ClN3O4S/c25-20-9-11-23(12-10-20)33(30,31)32-22-8-4-5-19(17-22)18-27-13-15-28(16-14-27)24(29)26-21-6-2-1-3-7-21/h1-12,17H,13-16,18H2,(H,26,29). The highest BCUT2D eigenvalue weighted by atomic mass is 35.5. The molecule has 33 heavy (non-hydrogen) atoms. The number of para-hydroxylation sites is 1. The monoisotopic (exact) mass is 485 g/mol. The van der Waals surface area contributed by atoms with Gasteiger partial charge in [-0.1, -0.05) is 41.9 Å². The first kappa shape index (κ1) is 23.1. The third kappa shape index (κ3) is 6.25. The zero-order chi connectivity index (χ0) is 23.3. The number of nitrogens with zero attached hydrogens (tertiary/aromatic N) is 2. The van der Waals surface area contributed by atoms with Crippen LogP contribution in [0.5, 0.6) is 5.75 Å². The summed E-state index contributed by atoms with van der Waals surface area (Å²) in [5.41, 5.74) is 1.70. The molecular formula is C24H24ClN3O4S. The van der Waals surface area contributed by atoms with E-state index in [1.54, 1.807) is 23.1 Å². The first-order chi connectivity index (χ1) is 15.9. The summed E-state index contributed by atoms with van der Waals surface area (Å²) in [7, 11) is -3.95. The minimum Gasteiger partial charge on any atom is -0.379 e. The van der Waals surface area contributed by atoms with E-state index >= 15 is 0 Å². The number of carbonyl (C=O) groups excluding carboxylic acids is 1. The average Bonchev–Trinajstić information content (AvgIpc) is 2.80. The highest BCUT2D eigenvalue weighted by molar-refractivity contribution is 7.87. The maximum Gasteiger partial charge on any atom is 0.339 e. The molecular weight excluding hydrogens is 462 g/mol. The van der Waals surface area contributed by atoms with Crippen LogP contribution in [-0.4, -0.2) is 50.4 Å². The van der Waals surface area contributed by atoms with Gasteiger partial charge in [-0.05, 0) is 54.1 Å². The van der Waals surface area contributed by atoms with E-state index < -0.39 is 10.1 Å². The van der Waals surface area contributed by atoms with E-state index in [2.05, 4.69) is 10.2 Å². The Morgan fingerprint density at radius 3 is 2.30 bits per heavy atom. The molecule has 2 amide bonds.